The van der Waals surface area contributed by atoms with Crippen LogP contribution in [0.25, 0.3) is 0 Å². The Balaban J connectivity index is 2.62. The molecule has 92 valence electrons. The van der Waals surface area contributed by atoms with Crippen LogP contribution < -0.4 is 10.6 Å². The van der Waals surface area contributed by atoms with E-state index in [1.54, 1.807) is 0 Å². The molecule has 0 unspecified atom stereocenters. The highest BCUT2D eigenvalue weighted by molar-refractivity contribution is 5.78. The van der Waals surface area contributed by atoms with E-state index in [2.05, 4.69) is 10.6 Å². The third-order valence-electron chi connectivity index (χ3n) is 2.28. The molecule has 5 heteroatoms. The first-order valence-corrected chi connectivity index (χ1v) is 5.39. The predicted octanol–water partition coefficient (Wildman–Crippen LogP) is -0.416. The van der Waals surface area contributed by atoms with E-state index >= 15 is 0 Å². The summed E-state index contributed by atoms with van der Waals surface area (Å²) in [5.41, 5.74) is 1.79. The maximum atomic E-state index is 11.5. The van der Waals surface area contributed by atoms with Crippen LogP contribution in [0.2, 0.25) is 0 Å². The van der Waals surface area contributed by atoms with Gasteiger partial charge in [-0.2, -0.15) is 0 Å². The molecule has 0 aliphatic heterocycles. The fourth-order valence-corrected chi connectivity index (χ4v) is 1.48. The molecule has 17 heavy (non-hydrogen) atoms. The third-order valence-corrected chi connectivity index (χ3v) is 2.28. The van der Waals surface area contributed by atoms with Gasteiger partial charge in [-0.3, -0.25) is 9.59 Å². The van der Waals surface area contributed by atoms with E-state index in [0.29, 0.717) is 13.0 Å². The minimum atomic E-state index is -0.141. The maximum Gasteiger partial charge on any atom is 0.224 e. The van der Waals surface area contributed by atoms with Crippen LogP contribution in [0, 0.1) is 0 Å². The second kappa shape index (κ2) is 7.40. The summed E-state index contributed by atoms with van der Waals surface area (Å²) in [6, 6.07) is 7.42. The van der Waals surface area contributed by atoms with Crippen molar-refractivity contribution in [3.05, 3.63) is 35.4 Å². The van der Waals surface area contributed by atoms with Gasteiger partial charge in [-0.1, -0.05) is 24.3 Å². The summed E-state index contributed by atoms with van der Waals surface area (Å²) in [6.45, 7) is 0.598. The minimum Gasteiger partial charge on any atom is -0.395 e. The smallest absolute Gasteiger partial charge is 0.224 e. The van der Waals surface area contributed by atoms with Gasteiger partial charge in [0.1, 0.15) is 0 Å². The summed E-state index contributed by atoms with van der Waals surface area (Å²) < 4.78 is 0. The summed E-state index contributed by atoms with van der Waals surface area (Å²) in [6.07, 6.45) is 0.874. The molecule has 0 radical (unpaired) electrons. The van der Waals surface area contributed by atoms with Gasteiger partial charge in [0.2, 0.25) is 12.3 Å². The fourth-order valence-electron chi connectivity index (χ4n) is 1.48. The van der Waals surface area contributed by atoms with Crippen LogP contribution in [0.4, 0.5) is 0 Å². The molecular formula is C12H16N2O3. The second-order valence-electron chi connectivity index (χ2n) is 3.52. The van der Waals surface area contributed by atoms with E-state index in [1.807, 2.05) is 24.3 Å². The lowest BCUT2D eigenvalue weighted by molar-refractivity contribution is -0.120. The van der Waals surface area contributed by atoms with Crippen molar-refractivity contribution in [3.63, 3.8) is 0 Å². The first-order chi connectivity index (χ1) is 8.27. The molecule has 0 aliphatic carbocycles. The highest BCUT2D eigenvalue weighted by Gasteiger charge is 2.06. The molecule has 0 bridgehead atoms. The Morgan fingerprint density at radius 3 is 2.65 bits per heavy atom. The Morgan fingerprint density at radius 2 is 2.00 bits per heavy atom. The largest absolute Gasteiger partial charge is 0.395 e. The summed E-state index contributed by atoms with van der Waals surface area (Å²) in [7, 11) is 0. The van der Waals surface area contributed by atoms with Crippen molar-refractivity contribution in [2.24, 2.45) is 0 Å². The van der Waals surface area contributed by atoms with Gasteiger partial charge >= 0.3 is 0 Å². The number of carbonyl (C=O) groups is 2. The Hall–Kier alpha value is -1.88. The second-order valence-corrected chi connectivity index (χ2v) is 3.52. The zero-order valence-corrected chi connectivity index (χ0v) is 9.48. The quantitative estimate of drug-likeness (QED) is 0.563. The van der Waals surface area contributed by atoms with Gasteiger partial charge in [0.15, 0.2) is 0 Å². The number of benzene rings is 1. The molecule has 1 aromatic rings. The van der Waals surface area contributed by atoms with Gasteiger partial charge in [-0.25, -0.2) is 0 Å². The molecule has 0 aliphatic rings. The number of hydrogen-bond donors (Lipinski definition) is 3. The van der Waals surface area contributed by atoms with E-state index in [-0.39, 0.29) is 25.5 Å². The molecule has 0 fully saturated rings. The molecule has 2 amide bonds. The standard InChI is InChI=1S/C12H16N2O3/c15-6-5-14-12(17)7-10-3-1-2-4-11(10)8-13-9-16/h1-4,9,15H,5-8H2,(H,13,16)(H,14,17). The lowest BCUT2D eigenvalue weighted by Crippen LogP contribution is -2.28. The van der Waals surface area contributed by atoms with E-state index < -0.39 is 0 Å². The Bertz CT molecular complexity index is 380. The van der Waals surface area contributed by atoms with E-state index in [1.165, 1.54) is 0 Å². The molecule has 0 atom stereocenters. The van der Waals surface area contributed by atoms with Crippen LogP contribution in [0.5, 0.6) is 0 Å². The molecule has 0 aromatic heterocycles. The molecule has 0 spiro atoms. The number of aliphatic hydroxyl groups is 1. The fraction of sp³-hybridized carbons (Fsp3) is 0.333. The van der Waals surface area contributed by atoms with Crippen LogP contribution in [-0.2, 0) is 22.6 Å². The lowest BCUT2D eigenvalue weighted by atomic mass is 10.0. The molecule has 1 rings (SSSR count). The summed E-state index contributed by atoms with van der Waals surface area (Å²) >= 11 is 0. The Kier molecular flexibility index (Phi) is 5.74. The van der Waals surface area contributed by atoms with Gasteiger partial charge in [0.25, 0.3) is 0 Å². The van der Waals surface area contributed by atoms with Crippen molar-refractivity contribution in [1.29, 1.82) is 0 Å². The molecule has 5 nitrogen and oxygen atoms in total. The number of rotatable bonds is 7. The number of carbonyl (C=O) groups excluding carboxylic acids is 2. The monoisotopic (exact) mass is 236 g/mol. The van der Waals surface area contributed by atoms with Crippen molar-refractivity contribution in [2.45, 2.75) is 13.0 Å². The predicted molar refractivity (Wildman–Crippen MR) is 63.1 cm³/mol. The van der Waals surface area contributed by atoms with Crippen LogP contribution in [-0.4, -0.2) is 30.6 Å². The molecule has 0 saturated carbocycles. The Morgan fingerprint density at radius 1 is 1.29 bits per heavy atom. The highest BCUT2D eigenvalue weighted by atomic mass is 16.3. The number of hydrogen-bond acceptors (Lipinski definition) is 3. The lowest BCUT2D eigenvalue weighted by Gasteiger charge is -2.09. The first kappa shape index (κ1) is 13.2. The number of amides is 2. The van der Waals surface area contributed by atoms with Crippen LogP contribution in [0.3, 0.4) is 0 Å². The summed E-state index contributed by atoms with van der Waals surface area (Å²) in [4.78, 5) is 21.7. The molecule has 0 heterocycles. The normalized spacial score (nSPS) is 9.71. The molecule has 1 aromatic carbocycles. The van der Waals surface area contributed by atoms with E-state index in [4.69, 9.17) is 5.11 Å². The van der Waals surface area contributed by atoms with Gasteiger partial charge in [0.05, 0.1) is 13.0 Å². The minimum absolute atomic E-state index is 0.0694. The van der Waals surface area contributed by atoms with Gasteiger partial charge in [-0.05, 0) is 11.1 Å². The summed E-state index contributed by atoms with van der Waals surface area (Å²) in [5.74, 6) is -0.141. The zero-order chi connectivity index (χ0) is 12.5. The van der Waals surface area contributed by atoms with Crippen molar-refractivity contribution in [2.75, 3.05) is 13.2 Å². The molecule has 3 N–H and O–H groups in total. The van der Waals surface area contributed by atoms with Crippen molar-refractivity contribution >= 4 is 12.3 Å². The van der Waals surface area contributed by atoms with Gasteiger partial charge < -0.3 is 15.7 Å². The highest BCUT2D eigenvalue weighted by Crippen LogP contribution is 2.09. The van der Waals surface area contributed by atoms with Crippen molar-refractivity contribution < 1.29 is 14.7 Å². The van der Waals surface area contributed by atoms with Gasteiger partial charge in [0, 0.05) is 13.1 Å². The van der Waals surface area contributed by atoms with Crippen LogP contribution in [0.15, 0.2) is 24.3 Å². The van der Waals surface area contributed by atoms with Crippen LogP contribution in [0.1, 0.15) is 11.1 Å². The van der Waals surface area contributed by atoms with Crippen LogP contribution >= 0.6 is 0 Å². The average Bonchev–Trinajstić information content (AvgIpc) is 2.35. The number of nitrogens with one attached hydrogen (secondary N) is 2. The van der Waals surface area contributed by atoms with E-state index in [9.17, 15) is 9.59 Å². The third kappa shape index (κ3) is 4.65. The van der Waals surface area contributed by atoms with E-state index in [0.717, 1.165) is 11.1 Å². The Labute approximate surface area is 99.8 Å². The first-order valence-electron chi connectivity index (χ1n) is 5.39. The van der Waals surface area contributed by atoms with Crippen molar-refractivity contribution in [1.82, 2.24) is 10.6 Å². The van der Waals surface area contributed by atoms with Crippen molar-refractivity contribution in [3.8, 4) is 0 Å². The SMILES string of the molecule is O=CNCc1ccccc1CC(=O)NCCO. The topological polar surface area (TPSA) is 78.4 Å². The zero-order valence-electron chi connectivity index (χ0n) is 9.48. The van der Waals surface area contributed by atoms with Gasteiger partial charge in [-0.15, -0.1) is 0 Å². The molecule has 0 saturated heterocycles. The number of aliphatic hydroxyl groups excluding tert-OH is 1. The summed E-state index contributed by atoms with van der Waals surface area (Å²) in [5, 5.41) is 13.7. The average molecular weight is 236 g/mol. The maximum absolute atomic E-state index is 11.5. The molecular weight excluding hydrogens is 220 g/mol.